The van der Waals surface area contributed by atoms with Gasteiger partial charge in [-0.15, -0.1) is 0 Å². The smallest absolute Gasteiger partial charge is 0.154 e. The molecule has 0 spiro atoms. The molecule has 1 aromatic rings. The highest BCUT2D eigenvalue weighted by Crippen LogP contribution is 2.35. The summed E-state index contributed by atoms with van der Waals surface area (Å²) < 4.78 is 13.2. The quantitative estimate of drug-likeness (QED) is 0.599. The molecule has 0 fully saturated rings. The van der Waals surface area contributed by atoms with E-state index in [9.17, 15) is 14.0 Å². The first-order valence-electron chi connectivity index (χ1n) is 3.30. The van der Waals surface area contributed by atoms with E-state index in [1.54, 1.807) is 0 Å². The predicted octanol–water partition coefficient (Wildman–Crippen LogP) is 3.41. The molecule has 0 aromatic heterocycles. The number of hydrogen-bond acceptors (Lipinski definition) is 2. The molecule has 0 aliphatic carbocycles. The standard InChI is InChI=1S/C8H2Cl3FO2/c9-5-3(1-13)7(11)8(12)4(2-14)6(5)10/h1-2H. The van der Waals surface area contributed by atoms with Gasteiger partial charge in [0, 0.05) is 0 Å². The molecular weight excluding hydrogens is 253 g/mol. The van der Waals surface area contributed by atoms with E-state index in [2.05, 4.69) is 0 Å². The van der Waals surface area contributed by atoms with Crippen LogP contribution in [0, 0.1) is 5.82 Å². The predicted molar refractivity (Wildman–Crippen MR) is 52.2 cm³/mol. The Bertz CT molecular complexity index is 350. The van der Waals surface area contributed by atoms with Crippen molar-refractivity contribution in [2.24, 2.45) is 0 Å². The molecule has 1 aromatic carbocycles. The van der Waals surface area contributed by atoms with E-state index in [4.69, 9.17) is 34.8 Å². The molecule has 1 rings (SSSR count). The van der Waals surface area contributed by atoms with Crippen LogP contribution >= 0.6 is 34.8 Å². The first-order chi connectivity index (χ1) is 6.54. The molecule has 14 heavy (non-hydrogen) atoms. The lowest BCUT2D eigenvalue weighted by atomic mass is 10.1. The van der Waals surface area contributed by atoms with Crippen molar-refractivity contribution in [1.29, 1.82) is 0 Å². The summed E-state index contributed by atoms with van der Waals surface area (Å²) in [6.45, 7) is 0. The summed E-state index contributed by atoms with van der Waals surface area (Å²) >= 11 is 16.6. The Morgan fingerprint density at radius 3 is 1.71 bits per heavy atom. The Kier molecular flexibility index (Phi) is 3.48. The van der Waals surface area contributed by atoms with Gasteiger partial charge in [0.25, 0.3) is 0 Å². The molecule has 0 atom stereocenters. The minimum absolute atomic E-state index is 0.185. The Morgan fingerprint density at radius 2 is 1.29 bits per heavy atom. The number of benzene rings is 1. The highest BCUT2D eigenvalue weighted by atomic mass is 35.5. The van der Waals surface area contributed by atoms with E-state index in [0.717, 1.165) is 0 Å². The molecule has 0 saturated carbocycles. The number of aldehydes is 2. The van der Waals surface area contributed by atoms with Gasteiger partial charge < -0.3 is 0 Å². The lowest BCUT2D eigenvalue weighted by Gasteiger charge is -2.06. The van der Waals surface area contributed by atoms with E-state index in [-0.39, 0.29) is 28.2 Å². The minimum atomic E-state index is -1.04. The number of carbonyl (C=O) groups is 2. The van der Waals surface area contributed by atoms with Gasteiger partial charge in [-0.1, -0.05) is 34.8 Å². The molecule has 2 nitrogen and oxygen atoms in total. The van der Waals surface area contributed by atoms with Gasteiger partial charge in [0.05, 0.1) is 26.2 Å². The second-order valence-corrected chi connectivity index (χ2v) is 3.45. The molecule has 0 aliphatic heterocycles. The Hall–Kier alpha value is -0.640. The van der Waals surface area contributed by atoms with Crippen molar-refractivity contribution >= 4 is 47.4 Å². The van der Waals surface area contributed by atoms with Crippen LogP contribution in [0.5, 0.6) is 0 Å². The Balaban J connectivity index is 3.71. The highest BCUT2D eigenvalue weighted by Gasteiger charge is 2.20. The second kappa shape index (κ2) is 4.26. The molecule has 0 saturated heterocycles. The Labute approximate surface area is 93.6 Å². The first-order valence-corrected chi connectivity index (χ1v) is 4.44. The van der Waals surface area contributed by atoms with Gasteiger partial charge >= 0.3 is 0 Å². The second-order valence-electron chi connectivity index (χ2n) is 2.32. The molecule has 0 N–H and O–H groups in total. The van der Waals surface area contributed by atoms with Crippen LogP contribution in [0.25, 0.3) is 0 Å². The topological polar surface area (TPSA) is 34.1 Å². The molecule has 0 amide bonds. The van der Waals surface area contributed by atoms with Crippen LogP contribution in [-0.4, -0.2) is 12.6 Å². The molecular formula is C8H2Cl3FO2. The largest absolute Gasteiger partial charge is 0.298 e. The third-order valence-corrected chi connectivity index (χ3v) is 2.82. The molecule has 74 valence electrons. The minimum Gasteiger partial charge on any atom is -0.298 e. The van der Waals surface area contributed by atoms with Crippen LogP contribution in [-0.2, 0) is 0 Å². The van der Waals surface area contributed by atoms with Crippen LogP contribution in [0.1, 0.15) is 20.7 Å². The number of halogens is 4. The normalized spacial score (nSPS) is 10.0. The first kappa shape index (κ1) is 11.4. The number of carbonyl (C=O) groups excluding carboxylic acids is 2. The van der Waals surface area contributed by atoms with Gasteiger partial charge in [0.2, 0.25) is 0 Å². The maximum absolute atomic E-state index is 13.2. The average Bonchev–Trinajstić information content (AvgIpc) is 2.17. The molecule has 0 bridgehead atoms. The van der Waals surface area contributed by atoms with Crippen LogP contribution < -0.4 is 0 Å². The molecule has 0 unspecified atom stereocenters. The van der Waals surface area contributed by atoms with Gasteiger partial charge in [-0.05, 0) is 0 Å². The van der Waals surface area contributed by atoms with Crippen LogP contribution in [0.3, 0.4) is 0 Å². The zero-order valence-electron chi connectivity index (χ0n) is 6.48. The highest BCUT2D eigenvalue weighted by molar-refractivity contribution is 6.46. The summed E-state index contributed by atoms with van der Waals surface area (Å²) in [6.07, 6.45) is 0.457. The Morgan fingerprint density at radius 1 is 0.857 bits per heavy atom. The summed E-state index contributed by atoms with van der Waals surface area (Å²) in [4.78, 5) is 20.9. The van der Waals surface area contributed by atoms with Gasteiger partial charge in [-0.2, -0.15) is 0 Å². The van der Waals surface area contributed by atoms with Crippen LogP contribution in [0.2, 0.25) is 15.1 Å². The zero-order chi connectivity index (χ0) is 10.9. The van der Waals surface area contributed by atoms with Crippen molar-refractivity contribution in [3.05, 3.63) is 32.0 Å². The molecule has 6 heteroatoms. The molecule has 0 aliphatic rings. The maximum atomic E-state index is 13.2. The fourth-order valence-corrected chi connectivity index (χ4v) is 1.63. The fourth-order valence-electron chi connectivity index (χ4n) is 0.873. The van der Waals surface area contributed by atoms with Gasteiger partial charge in [-0.3, -0.25) is 9.59 Å². The van der Waals surface area contributed by atoms with Crippen molar-refractivity contribution in [1.82, 2.24) is 0 Å². The number of hydrogen-bond donors (Lipinski definition) is 0. The van der Waals surface area contributed by atoms with Crippen molar-refractivity contribution in [3.63, 3.8) is 0 Å². The number of rotatable bonds is 2. The van der Waals surface area contributed by atoms with Gasteiger partial charge in [-0.25, -0.2) is 4.39 Å². The summed E-state index contributed by atoms with van der Waals surface area (Å²) in [5.74, 6) is -1.04. The van der Waals surface area contributed by atoms with Crippen LogP contribution in [0.4, 0.5) is 4.39 Å². The van der Waals surface area contributed by atoms with Crippen molar-refractivity contribution in [2.45, 2.75) is 0 Å². The molecule has 0 radical (unpaired) electrons. The summed E-state index contributed by atoms with van der Waals surface area (Å²) in [5.41, 5.74) is -0.714. The third kappa shape index (κ3) is 1.63. The average molecular weight is 255 g/mol. The summed E-state index contributed by atoms with van der Waals surface area (Å²) in [7, 11) is 0. The summed E-state index contributed by atoms with van der Waals surface area (Å²) in [6, 6.07) is 0. The van der Waals surface area contributed by atoms with Gasteiger partial charge in [0.1, 0.15) is 0 Å². The van der Waals surface area contributed by atoms with Crippen molar-refractivity contribution in [3.8, 4) is 0 Å². The lowest BCUT2D eigenvalue weighted by molar-refractivity contribution is 0.111. The maximum Gasteiger partial charge on any atom is 0.154 e. The SMILES string of the molecule is O=Cc1c(F)c(Cl)c(C=O)c(Cl)c1Cl. The zero-order valence-corrected chi connectivity index (χ0v) is 8.75. The summed E-state index contributed by atoms with van der Waals surface area (Å²) in [5, 5.41) is -1.04. The monoisotopic (exact) mass is 254 g/mol. The van der Waals surface area contributed by atoms with Crippen molar-refractivity contribution < 1.29 is 14.0 Å². The van der Waals surface area contributed by atoms with Gasteiger partial charge in [0.15, 0.2) is 18.4 Å². The van der Waals surface area contributed by atoms with E-state index in [1.165, 1.54) is 0 Å². The van der Waals surface area contributed by atoms with E-state index in [1.807, 2.05) is 0 Å². The van der Waals surface area contributed by atoms with Crippen LogP contribution in [0.15, 0.2) is 0 Å². The molecule has 0 heterocycles. The van der Waals surface area contributed by atoms with E-state index < -0.39 is 16.4 Å². The van der Waals surface area contributed by atoms with E-state index >= 15 is 0 Å². The van der Waals surface area contributed by atoms with Crippen molar-refractivity contribution in [2.75, 3.05) is 0 Å². The lowest BCUT2D eigenvalue weighted by Crippen LogP contribution is -1.97. The van der Waals surface area contributed by atoms with E-state index in [0.29, 0.717) is 0 Å². The fraction of sp³-hybridized carbons (Fsp3) is 0. The third-order valence-electron chi connectivity index (χ3n) is 1.57.